The Labute approximate surface area is 276 Å². The molecule has 1 saturated carbocycles. The number of pyridine rings is 1. The highest BCUT2D eigenvalue weighted by Crippen LogP contribution is 2.36. The van der Waals surface area contributed by atoms with Gasteiger partial charge in [0.15, 0.2) is 5.75 Å². The summed E-state index contributed by atoms with van der Waals surface area (Å²) < 4.78 is 11.8. The molecule has 0 bridgehead atoms. The highest BCUT2D eigenvalue weighted by atomic mass is 35.5. The molecule has 3 aromatic carbocycles. The molecule has 1 aromatic heterocycles. The van der Waals surface area contributed by atoms with E-state index in [0.29, 0.717) is 41.1 Å². The van der Waals surface area contributed by atoms with E-state index in [1.807, 2.05) is 61.5 Å². The van der Waals surface area contributed by atoms with E-state index in [9.17, 15) is 4.79 Å². The third kappa shape index (κ3) is 8.37. The molecule has 2 N–H and O–H groups in total. The first-order chi connectivity index (χ1) is 21.7. The molecule has 236 valence electrons. The van der Waals surface area contributed by atoms with Gasteiger partial charge in [-0.3, -0.25) is 9.78 Å². The minimum absolute atomic E-state index is 0.104. The molecule has 0 radical (unpaired) electrons. The summed E-state index contributed by atoms with van der Waals surface area (Å²) in [6.45, 7) is 7.61. The van der Waals surface area contributed by atoms with Crippen molar-refractivity contribution in [1.29, 1.82) is 0 Å². The maximum atomic E-state index is 14.4. The number of nitrogens with zero attached hydrogens (tertiary/aromatic N) is 2. The second kappa shape index (κ2) is 15.1. The number of hydrogen-bond donors (Lipinski definition) is 1. The van der Waals surface area contributed by atoms with Crippen LogP contribution < -0.4 is 15.2 Å². The fraction of sp³-hybridized carbons (Fsp3) is 0.351. The lowest BCUT2D eigenvalue weighted by Crippen LogP contribution is -2.43. The molecule has 1 heterocycles. The standard InChI is InChI=1S/C37H41Cl2N3O3/c1-24-19-34(38)36(35(39)20-24)45-18-17-44-31-14-10-27(11-15-31)32(21-29-9-4-5-16-41-29)33(22-40)37(43)42(30-12-13-30)23-28-8-6-7-25(2)26(28)3/h4-11,14-16,19-20,30,32-33H,12-13,17-18,21-23,40H2,1-3H3. The number of nitrogens with two attached hydrogens (primary N) is 1. The zero-order valence-electron chi connectivity index (χ0n) is 26.1. The Bertz CT molecular complexity index is 1570. The van der Waals surface area contributed by atoms with Gasteiger partial charge in [0.1, 0.15) is 19.0 Å². The highest BCUT2D eigenvalue weighted by molar-refractivity contribution is 6.37. The number of amides is 1. The van der Waals surface area contributed by atoms with Gasteiger partial charge in [0, 0.05) is 36.9 Å². The molecule has 8 heteroatoms. The zero-order chi connectivity index (χ0) is 31.9. The Hall–Kier alpha value is -3.58. The molecule has 1 aliphatic rings. The second-order valence-electron chi connectivity index (χ2n) is 11.9. The fourth-order valence-corrected chi connectivity index (χ4v) is 6.47. The molecular formula is C37H41Cl2N3O3. The summed E-state index contributed by atoms with van der Waals surface area (Å²) in [5, 5.41) is 0.947. The van der Waals surface area contributed by atoms with Crippen LogP contribution in [0.15, 0.2) is 79.0 Å². The van der Waals surface area contributed by atoms with Crippen LogP contribution >= 0.6 is 23.2 Å². The van der Waals surface area contributed by atoms with E-state index in [-0.39, 0.29) is 31.0 Å². The molecule has 2 atom stereocenters. The molecular weight excluding hydrogens is 605 g/mol. The minimum atomic E-state index is -0.401. The van der Waals surface area contributed by atoms with Gasteiger partial charge >= 0.3 is 0 Å². The van der Waals surface area contributed by atoms with E-state index in [4.69, 9.17) is 38.4 Å². The largest absolute Gasteiger partial charge is 0.490 e. The maximum absolute atomic E-state index is 14.4. The molecule has 0 aliphatic heterocycles. The van der Waals surface area contributed by atoms with Gasteiger partial charge in [-0.25, -0.2) is 0 Å². The van der Waals surface area contributed by atoms with Crippen molar-refractivity contribution in [3.63, 3.8) is 0 Å². The minimum Gasteiger partial charge on any atom is -0.490 e. The van der Waals surface area contributed by atoms with Crippen LogP contribution in [0, 0.1) is 26.7 Å². The summed E-state index contributed by atoms with van der Waals surface area (Å²) in [6.07, 6.45) is 4.44. The average Bonchev–Trinajstić information content (AvgIpc) is 3.87. The van der Waals surface area contributed by atoms with Gasteiger partial charge in [-0.1, -0.05) is 59.6 Å². The van der Waals surface area contributed by atoms with E-state index in [2.05, 4.69) is 41.9 Å². The van der Waals surface area contributed by atoms with Crippen LogP contribution in [0.5, 0.6) is 11.5 Å². The summed E-state index contributed by atoms with van der Waals surface area (Å²) in [6, 6.07) is 24.0. The van der Waals surface area contributed by atoms with Gasteiger partial charge in [-0.05, 0) is 104 Å². The molecule has 45 heavy (non-hydrogen) atoms. The predicted molar refractivity (Wildman–Crippen MR) is 181 cm³/mol. The van der Waals surface area contributed by atoms with Gasteiger partial charge in [0.2, 0.25) is 5.91 Å². The molecule has 0 spiro atoms. The van der Waals surface area contributed by atoms with Crippen LogP contribution in [0.3, 0.4) is 0 Å². The number of aromatic nitrogens is 1. The lowest BCUT2D eigenvalue weighted by Gasteiger charge is -2.32. The van der Waals surface area contributed by atoms with Gasteiger partial charge in [0.05, 0.1) is 16.0 Å². The Morgan fingerprint density at radius 1 is 0.956 bits per heavy atom. The average molecular weight is 647 g/mol. The third-order valence-electron chi connectivity index (χ3n) is 8.59. The molecule has 4 aromatic rings. The van der Waals surface area contributed by atoms with Crippen molar-refractivity contribution in [2.24, 2.45) is 11.7 Å². The number of ether oxygens (including phenoxy) is 2. The number of halogens is 2. The van der Waals surface area contributed by atoms with Gasteiger partial charge in [-0.2, -0.15) is 0 Å². The summed E-state index contributed by atoms with van der Waals surface area (Å²) in [4.78, 5) is 21.0. The van der Waals surface area contributed by atoms with Crippen LogP contribution in [0.1, 0.15) is 52.3 Å². The van der Waals surface area contributed by atoms with Gasteiger partial charge in [0.25, 0.3) is 0 Å². The molecule has 2 unspecified atom stereocenters. The number of carbonyl (C=O) groups excluding carboxylic acids is 1. The number of benzene rings is 3. The van der Waals surface area contributed by atoms with Crippen LogP contribution in [-0.4, -0.2) is 41.6 Å². The smallest absolute Gasteiger partial charge is 0.228 e. The van der Waals surface area contributed by atoms with E-state index in [1.165, 1.54) is 16.7 Å². The first-order valence-electron chi connectivity index (χ1n) is 15.5. The summed E-state index contributed by atoms with van der Waals surface area (Å²) in [7, 11) is 0. The van der Waals surface area contributed by atoms with E-state index < -0.39 is 5.92 Å². The Morgan fingerprint density at radius 3 is 2.31 bits per heavy atom. The van der Waals surface area contributed by atoms with Crippen LogP contribution in [-0.2, 0) is 17.8 Å². The Morgan fingerprint density at radius 2 is 1.67 bits per heavy atom. The first-order valence-corrected chi connectivity index (χ1v) is 16.3. The fourth-order valence-electron chi connectivity index (χ4n) is 5.77. The van der Waals surface area contributed by atoms with Crippen molar-refractivity contribution >= 4 is 29.1 Å². The highest BCUT2D eigenvalue weighted by Gasteiger charge is 2.39. The predicted octanol–water partition coefficient (Wildman–Crippen LogP) is 7.86. The topological polar surface area (TPSA) is 77.7 Å². The maximum Gasteiger partial charge on any atom is 0.228 e. The summed E-state index contributed by atoms with van der Waals surface area (Å²) in [5.74, 6) is 0.704. The number of aryl methyl sites for hydroxylation is 2. The lowest BCUT2D eigenvalue weighted by molar-refractivity contribution is -0.137. The molecule has 1 fully saturated rings. The monoisotopic (exact) mass is 645 g/mol. The molecule has 1 aliphatic carbocycles. The third-order valence-corrected chi connectivity index (χ3v) is 9.15. The molecule has 1 amide bonds. The molecule has 6 nitrogen and oxygen atoms in total. The second-order valence-corrected chi connectivity index (χ2v) is 12.7. The SMILES string of the molecule is Cc1cc(Cl)c(OCCOc2ccc(C(Cc3ccccn3)C(CN)C(=O)N(Cc3cccc(C)c3C)C3CC3)cc2)c(Cl)c1. The van der Waals surface area contributed by atoms with Crippen molar-refractivity contribution < 1.29 is 14.3 Å². The van der Waals surface area contributed by atoms with Crippen molar-refractivity contribution in [3.8, 4) is 11.5 Å². The number of rotatable bonds is 14. The number of hydrogen-bond acceptors (Lipinski definition) is 5. The van der Waals surface area contributed by atoms with Crippen LogP contribution in [0.2, 0.25) is 10.0 Å². The van der Waals surface area contributed by atoms with Gasteiger partial charge in [-0.15, -0.1) is 0 Å². The summed E-state index contributed by atoms with van der Waals surface area (Å²) in [5.41, 5.74) is 13.0. The zero-order valence-corrected chi connectivity index (χ0v) is 27.7. The van der Waals surface area contributed by atoms with E-state index >= 15 is 0 Å². The first kappa shape index (κ1) is 32.8. The van der Waals surface area contributed by atoms with Crippen molar-refractivity contribution in [1.82, 2.24) is 9.88 Å². The van der Waals surface area contributed by atoms with Crippen LogP contribution in [0.25, 0.3) is 0 Å². The van der Waals surface area contributed by atoms with Crippen molar-refractivity contribution in [2.45, 2.75) is 58.5 Å². The van der Waals surface area contributed by atoms with E-state index in [0.717, 1.165) is 29.7 Å². The van der Waals surface area contributed by atoms with Crippen LogP contribution in [0.4, 0.5) is 0 Å². The summed E-state index contributed by atoms with van der Waals surface area (Å²) >= 11 is 12.6. The quantitative estimate of drug-likeness (QED) is 0.141. The lowest BCUT2D eigenvalue weighted by atomic mass is 9.81. The van der Waals surface area contributed by atoms with E-state index in [1.54, 1.807) is 6.20 Å². The van der Waals surface area contributed by atoms with Crippen molar-refractivity contribution in [2.75, 3.05) is 19.8 Å². The number of carbonyl (C=O) groups is 1. The normalized spacial score (nSPS) is 14.1. The van der Waals surface area contributed by atoms with Gasteiger partial charge < -0.3 is 20.1 Å². The van der Waals surface area contributed by atoms with Crippen molar-refractivity contribution in [3.05, 3.63) is 123 Å². The Kier molecular flexibility index (Phi) is 11.0. The molecule has 0 saturated heterocycles. The Balaban J connectivity index is 1.32. The molecule has 5 rings (SSSR count).